The van der Waals surface area contributed by atoms with Crippen molar-refractivity contribution in [3.8, 4) is 0 Å². The van der Waals surface area contributed by atoms with Gasteiger partial charge in [0.05, 0.1) is 28.3 Å². The molecular formula is C36H52N4O8S2. The van der Waals surface area contributed by atoms with Crippen LogP contribution in [0.15, 0.2) is 48.4 Å². The third kappa shape index (κ3) is 12.0. The zero-order valence-electron chi connectivity index (χ0n) is 29.8. The molecule has 0 bridgehead atoms. The second-order valence-corrected chi connectivity index (χ2v) is 19.2. The Hall–Kier alpha value is -3.20. The van der Waals surface area contributed by atoms with Crippen molar-refractivity contribution in [2.75, 3.05) is 17.3 Å². The molecule has 276 valence electrons. The van der Waals surface area contributed by atoms with Crippen molar-refractivity contribution in [2.45, 2.75) is 108 Å². The van der Waals surface area contributed by atoms with E-state index in [1.165, 1.54) is 18.6 Å². The second kappa shape index (κ2) is 16.4. The number of sulfone groups is 1. The Balaban J connectivity index is 1.63. The summed E-state index contributed by atoms with van der Waals surface area (Å²) in [6, 6.07) is 6.69. The Labute approximate surface area is 299 Å². The average molecular weight is 733 g/mol. The van der Waals surface area contributed by atoms with Gasteiger partial charge in [0.1, 0.15) is 24.1 Å². The molecule has 4 atom stereocenters. The van der Waals surface area contributed by atoms with Crippen LogP contribution in [0.1, 0.15) is 78.5 Å². The van der Waals surface area contributed by atoms with E-state index in [9.17, 15) is 33.0 Å². The number of thioether (sulfide) groups is 1. The fourth-order valence-corrected chi connectivity index (χ4v) is 7.40. The molecule has 50 heavy (non-hydrogen) atoms. The SMILES string of the molecule is CC(C)(C)OC(=O)n1cnc(C[C@H](NC(=O)C(=Cc2ccccc2)CS(=O)(=O)C(C)(C)C)C(=O)N[C@H](CSCC2CC2)[C@H](O)[C@H](O)C2CC2)c1. The van der Waals surface area contributed by atoms with Crippen molar-refractivity contribution < 1.29 is 37.8 Å². The number of hydrogen-bond acceptors (Lipinski definition) is 10. The number of benzene rings is 1. The first-order valence-corrected chi connectivity index (χ1v) is 19.9. The van der Waals surface area contributed by atoms with Crippen molar-refractivity contribution in [3.05, 3.63) is 59.7 Å². The minimum atomic E-state index is -3.81. The van der Waals surface area contributed by atoms with E-state index < -0.39 is 68.1 Å². The van der Waals surface area contributed by atoms with E-state index in [0.29, 0.717) is 17.2 Å². The zero-order valence-corrected chi connectivity index (χ0v) is 31.4. The fourth-order valence-electron chi connectivity index (χ4n) is 5.01. The lowest BCUT2D eigenvalue weighted by atomic mass is 10.0. The van der Waals surface area contributed by atoms with E-state index in [4.69, 9.17) is 4.74 Å². The molecule has 1 aromatic carbocycles. The number of imidazole rings is 1. The highest BCUT2D eigenvalue weighted by Crippen LogP contribution is 2.36. The monoisotopic (exact) mass is 732 g/mol. The van der Waals surface area contributed by atoms with Gasteiger partial charge in [-0.3, -0.25) is 9.59 Å². The number of aromatic nitrogens is 2. The van der Waals surface area contributed by atoms with Crippen LogP contribution in [0.5, 0.6) is 0 Å². The predicted octanol–water partition coefficient (Wildman–Crippen LogP) is 3.75. The Morgan fingerprint density at radius 3 is 2.28 bits per heavy atom. The van der Waals surface area contributed by atoms with E-state index in [-0.39, 0.29) is 23.6 Å². The lowest BCUT2D eigenvalue weighted by Crippen LogP contribution is -2.56. The lowest BCUT2D eigenvalue weighted by molar-refractivity contribution is -0.129. The minimum absolute atomic E-state index is 0.0411. The van der Waals surface area contributed by atoms with Gasteiger partial charge in [0.2, 0.25) is 11.8 Å². The molecule has 0 saturated heterocycles. The Morgan fingerprint density at radius 1 is 1.04 bits per heavy atom. The second-order valence-electron chi connectivity index (χ2n) is 15.3. The van der Waals surface area contributed by atoms with Gasteiger partial charge in [-0.2, -0.15) is 11.8 Å². The first kappa shape index (κ1) is 39.6. The molecule has 0 radical (unpaired) electrons. The minimum Gasteiger partial charge on any atom is -0.443 e. The summed E-state index contributed by atoms with van der Waals surface area (Å²) in [5, 5.41) is 27.6. The lowest BCUT2D eigenvalue weighted by Gasteiger charge is -2.29. The molecule has 2 aromatic rings. The number of aliphatic hydroxyl groups excluding tert-OH is 2. The molecular weight excluding hydrogens is 681 g/mol. The summed E-state index contributed by atoms with van der Waals surface area (Å²) in [4.78, 5) is 45.0. The van der Waals surface area contributed by atoms with Crippen LogP contribution in [-0.2, 0) is 30.6 Å². The highest BCUT2D eigenvalue weighted by Gasteiger charge is 2.40. The summed E-state index contributed by atoms with van der Waals surface area (Å²) in [5.74, 6) is -0.214. The fraction of sp³-hybridized carbons (Fsp3) is 0.611. The van der Waals surface area contributed by atoms with E-state index in [2.05, 4.69) is 15.6 Å². The normalized spacial score (nSPS) is 18.1. The van der Waals surface area contributed by atoms with Gasteiger partial charge in [-0.1, -0.05) is 30.3 Å². The topological polar surface area (TPSA) is 177 Å². The summed E-state index contributed by atoms with van der Waals surface area (Å²) in [6.45, 7) is 9.86. The van der Waals surface area contributed by atoms with Gasteiger partial charge < -0.3 is 25.6 Å². The molecule has 2 aliphatic rings. The number of amides is 2. The molecule has 1 aromatic heterocycles. The molecule has 2 amide bonds. The van der Waals surface area contributed by atoms with E-state index in [0.717, 1.165) is 36.0 Å². The van der Waals surface area contributed by atoms with Gasteiger partial charge in [0.15, 0.2) is 9.84 Å². The van der Waals surface area contributed by atoms with Crippen LogP contribution in [0.25, 0.3) is 6.08 Å². The molecule has 14 heteroatoms. The maximum Gasteiger partial charge on any atom is 0.419 e. The van der Waals surface area contributed by atoms with Gasteiger partial charge in [-0.05, 0) is 96.5 Å². The summed E-state index contributed by atoms with van der Waals surface area (Å²) >= 11 is 1.59. The number of rotatable bonds is 16. The quantitative estimate of drug-likeness (QED) is 0.186. The molecule has 0 spiro atoms. The molecule has 2 fully saturated rings. The molecule has 12 nitrogen and oxygen atoms in total. The van der Waals surface area contributed by atoms with Gasteiger partial charge in [-0.25, -0.2) is 22.8 Å². The predicted molar refractivity (Wildman–Crippen MR) is 194 cm³/mol. The Bertz CT molecular complexity index is 1620. The molecule has 2 aliphatic carbocycles. The van der Waals surface area contributed by atoms with Crippen LogP contribution in [0.3, 0.4) is 0 Å². The van der Waals surface area contributed by atoms with Crippen molar-refractivity contribution >= 4 is 45.6 Å². The summed E-state index contributed by atoms with van der Waals surface area (Å²) in [6.07, 6.45) is 4.93. The van der Waals surface area contributed by atoms with E-state index >= 15 is 0 Å². The van der Waals surface area contributed by atoms with Crippen LogP contribution in [-0.4, -0.2) is 98.0 Å². The van der Waals surface area contributed by atoms with E-state index in [1.807, 2.05) is 0 Å². The molecule has 2 saturated carbocycles. The summed E-state index contributed by atoms with van der Waals surface area (Å²) in [7, 11) is -3.81. The van der Waals surface area contributed by atoms with Crippen molar-refractivity contribution in [1.29, 1.82) is 0 Å². The number of ether oxygens (including phenoxy) is 1. The van der Waals surface area contributed by atoms with E-state index in [1.54, 1.807) is 83.6 Å². The number of hydrogen-bond donors (Lipinski definition) is 4. The smallest absolute Gasteiger partial charge is 0.419 e. The first-order valence-electron chi connectivity index (χ1n) is 17.1. The third-order valence-electron chi connectivity index (χ3n) is 8.53. The molecule has 0 unspecified atom stereocenters. The number of carbonyl (C=O) groups excluding carboxylic acids is 3. The zero-order chi connectivity index (χ0) is 36.9. The summed E-state index contributed by atoms with van der Waals surface area (Å²) < 4.78 is 32.0. The maximum absolute atomic E-state index is 14.1. The molecule has 4 rings (SSSR count). The van der Waals surface area contributed by atoms with Crippen LogP contribution in [0.4, 0.5) is 4.79 Å². The average Bonchev–Trinajstić information content (AvgIpc) is 3.97. The molecule has 0 aliphatic heterocycles. The van der Waals surface area contributed by atoms with Crippen LogP contribution < -0.4 is 10.6 Å². The van der Waals surface area contributed by atoms with Gasteiger partial charge in [0, 0.05) is 23.9 Å². The van der Waals surface area contributed by atoms with Crippen molar-refractivity contribution in [3.63, 3.8) is 0 Å². The largest absolute Gasteiger partial charge is 0.443 e. The van der Waals surface area contributed by atoms with Crippen LogP contribution >= 0.6 is 11.8 Å². The van der Waals surface area contributed by atoms with Crippen molar-refractivity contribution in [1.82, 2.24) is 20.2 Å². The van der Waals surface area contributed by atoms with Gasteiger partial charge in [0.25, 0.3) is 0 Å². The van der Waals surface area contributed by atoms with Crippen LogP contribution in [0, 0.1) is 11.8 Å². The van der Waals surface area contributed by atoms with Crippen LogP contribution in [0.2, 0.25) is 0 Å². The Morgan fingerprint density at radius 2 is 1.70 bits per heavy atom. The van der Waals surface area contributed by atoms with Gasteiger partial charge >= 0.3 is 6.09 Å². The number of carbonyl (C=O) groups is 3. The third-order valence-corrected chi connectivity index (χ3v) is 12.4. The molecule has 4 N–H and O–H groups in total. The standard InChI is InChI=1S/C36H52N4O8S2/c1-35(2,3)48-34(45)40-18-27(37-22-40)17-28(33(44)39-29(20-49-19-24-12-13-24)31(42)30(41)25-14-15-25)38-32(43)26(16-23-10-8-7-9-11-23)21-50(46,47)36(4,5)6/h7-11,16,18,22,24-25,28-31,41-42H,12-15,17,19-21H2,1-6H3,(H,38,43)(H,39,44)/t28-,29+,30+,31-/m0/s1. The Kier molecular flexibility index (Phi) is 13.0. The summed E-state index contributed by atoms with van der Waals surface area (Å²) in [5.41, 5.74) is 0.0590. The maximum atomic E-state index is 14.1. The highest BCUT2D eigenvalue weighted by atomic mass is 32.2. The first-order chi connectivity index (χ1) is 23.3. The van der Waals surface area contributed by atoms with Gasteiger partial charge in [-0.15, -0.1) is 0 Å². The number of nitrogens with one attached hydrogen (secondary N) is 2. The van der Waals surface area contributed by atoms with Crippen molar-refractivity contribution in [2.24, 2.45) is 11.8 Å². The molecule has 1 heterocycles. The highest BCUT2D eigenvalue weighted by molar-refractivity contribution is 7.99. The number of aliphatic hydroxyl groups is 2. The number of nitrogens with zero attached hydrogens (tertiary/aromatic N) is 2.